The van der Waals surface area contributed by atoms with Gasteiger partial charge < -0.3 is 14.7 Å². The zero-order valence-corrected chi connectivity index (χ0v) is 9.74. The molecule has 3 fully saturated rings. The molecule has 1 atom stereocenters. The number of nitrogens with zero attached hydrogens (tertiary/aromatic N) is 1. The van der Waals surface area contributed by atoms with Crippen molar-refractivity contribution in [1.82, 2.24) is 4.90 Å². The van der Waals surface area contributed by atoms with Crippen LogP contribution in [-0.4, -0.2) is 49.3 Å². The fourth-order valence-electron chi connectivity index (χ4n) is 3.66. The molecule has 0 radical (unpaired) electrons. The number of carboxylic acids is 1. The van der Waals surface area contributed by atoms with Gasteiger partial charge in [-0.05, 0) is 38.8 Å². The molecule has 1 unspecified atom stereocenters. The van der Waals surface area contributed by atoms with Crippen LogP contribution >= 0.6 is 0 Å². The zero-order chi connectivity index (χ0) is 11.4. The van der Waals surface area contributed by atoms with E-state index in [0.29, 0.717) is 19.1 Å². The first kappa shape index (κ1) is 10.5. The van der Waals surface area contributed by atoms with E-state index in [-0.39, 0.29) is 5.41 Å². The number of ether oxygens (including phenoxy) is 1. The average Bonchev–Trinajstić information content (AvgIpc) is 2.85. The molecule has 3 rings (SSSR count). The number of carbonyl (C=O) groups is 1. The molecule has 16 heavy (non-hydrogen) atoms. The van der Waals surface area contributed by atoms with Gasteiger partial charge in [0, 0.05) is 12.0 Å². The maximum Gasteiger partial charge on any atom is 0.310 e. The third-order valence-corrected chi connectivity index (χ3v) is 5.00. The smallest absolute Gasteiger partial charge is 0.310 e. The number of hydrogen-bond donors (Lipinski definition) is 1. The van der Waals surface area contributed by atoms with Gasteiger partial charge in [-0.2, -0.15) is 0 Å². The van der Waals surface area contributed by atoms with Crippen LogP contribution in [0.25, 0.3) is 0 Å². The van der Waals surface area contributed by atoms with Crippen molar-refractivity contribution in [2.45, 2.75) is 19.3 Å². The van der Waals surface area contributed by atoms with Crippen LogP contribution in [0.4, 0.5) is 0 Å². The van der Waals surface area contributed by atoms with Crippen molar-refractivity contribution < 1.29 is 14.6 Å². The molecule has 0 aromatic carbocycles. The Morgan fingerprint density at radius 1 is 1.44 bits per heavy atom. The number of hydrogen-bond acceptors (Lipinski definition) is 3. The van der Waals surface area contributed by atoms with E-state index in [2.05, 4.69) is 11.9 Å². The molecule has 2 saturated heterocycles. The maximum absolute atomic E-state index is 11.5. The van der Waals surface area contributed by atoms with E-state index in [1.807, 2.05) is 0 Å². The number of rotatable bonds is 3. The van der Waals surface area contributed by atoms with Crippen molar-refractivity contribution in [2.75, 3.05) is 33.4 Å². The molecule has 2 heterocycles. The minimum absolute atomic E-state index is 0.0520. The summed E-state index contributed by atoms with van der Waals surface area (Å²) in [6.45, 7) is 3.47. The van der Waals surface area contributed by atoms with Crippen molar-refractivity contribution in [3.63, 3.8) is 0 Å². The molecular formula is C12H19NO3. The lowest BCUT2D eigenvalue weighted by atomic mass is 9.62. The van der Waals surface area contributed by atoms with Crippen LogP contribution in [-0.2, 0) is 9.53 Å². The molecule has 1 N–H and O–H groups in total. The van der Waals surface area contributed by atoms with E-state index in [9.17, 15) is 9.90 Å². The van der Waals surface area contributed by atoms with Gasteiger partial charge in [-0.15, -0.1) is 0 Å². The van der Waals surface area contributed by atoms with E-state index < -0.39 is 11.4 Å². The van der Waals surface area contributed by atoms with Crippen molar-refractivity contribution in [3.05, 3.63) is 0 Å². The fourth-order valence-corrected chi connectivity index (χ4v) is 3.66. The molecule has 0 aromatic rings. The average molecular weight is 225 g/mol. The Kier molecular flexibility index (Phi) is 2.11. The first-order chi connectivity index (χ1) is 7.61. The van der Waals surface area contributed by atoms with Gasteiger partial charge in [0.15, 0.2) is 0 Å². The quantitative estimate of drug-likeness (QED) is 0.772. The van der Waals surface area contributed by atoms with E-state index in [1.54, 1.807) is 0 Å². The molecule has 0 amide bonds. The normalized spacial score (nSPS) is 35.7. The largest absolute Gasteiger partial charge is 0.481 e. The third-order valence-electron chi connectivity index (χ3n) is 5.00. The second-order valence-corrected chi connectivity index (χ2v) is 5.78. The van der Waals surface area contributed by atoms with Crippen LogP contribution < -0.4 is 0 Å². The summed E-state index contributed by atoms with van der Waals surface area (Å²) in [5.41, 5.74) is -0.495. The summed E-state index contributed by atoms with van der Waals surface area (Å²) in [6.07, 6.45) is 2.84. The highest BCUT2D eigenvalue weighted by Gasteiger charge is 2.70. The van der Waals surface area contributed by atoms with Crippen molar-refractivity contribution in [2.24, 2.45) is 16.7 Å². The predicted octanol–water partition coefficient (Wildman–Crippen LogP) is 0.819. The van der Waals surface area contributed by atoms with E-state index in [0.717, 1.165) is 32.4 Å². The van der Waals surface area contributed by atoms with Gasteiger partial charge in [-0.1, -0.05) is 0 Å². The van der Waals surface area contributed by atoms with Gasteiger partial charge >= 0.3 is 5.97 Å². The third kappa shape index (κ3) is 1.14. The summed E-state index contributed by atoms with van der Waals surface area (Å²) in [5, 5.41) is 9.46. The lowest BCUT2D eigenvalue weighted by Crippen LogP contribution is -2.57. The molecule has 1 saturated carbocycles. The van der Waals surface area contributed by atoms with Gasteiger partial charge in [-0.3, -0.25) is 4.79 Å². The molecule has 0 bridgehead atoms. The highest BCUT2D eigenvalue weighted by molar-refractivity contribution is 5.79. The second kappa shape index (κ2) is 3.20. The van der Waals surface area contributed by atoms with Gasteiger partial charge in [-0.25, -0.2) is 0 Å². The lowest BCUT2D eigenvalue weighted by molar-refractivity contribution is -0.200. The molecular weight excluding hydrogens is 206 g/mol. The van der Waals surface area contributed by atoms with Gasteiger partial charge in [0.1, 0.15) is 0 Å². The van der Waals surface area contributed by atoms with Gasteiger partial charge in [0.2, 0.25) is 0 Å². The SMILES string of the molecule is CN1CCC(C2(C3(C(=O)O)CC3)COC2)C1. The molecule has 1 aliphatic carbocycles. The van der Waals surface area contributed by atoms with Crippen LogP contribution in [0.5, 0.6) is 0 Å². The summed E-state index contributed by atoms with van der Waals surface area (Å²) < 4.78 is 5.38. The molecule has 90 valence electrons. The minimum Gasteiger partial charge on any atom is -0.481 e. The predicted molar refractivity (Wildman–Crippen MR) is 58.2 cm³/mol. The Bertz CT molecular complexity index is 320. The van der Waals surface area contributed by atoms with Crippen molar-refractivity contribution in [1.29, 1.82) is 0 Å². The monoisotopic (exact) mass is 225 g/mol. The molecule has 4 heteroatoms. The first-order valence-corrected chi connectivity index (χ1v) is 6.10. The van der Waals surface area contributed by atoms with Crippen LogP contribution in [0.2, 0.25) is 0 Å². The van der Waals surface area contributed by atoms with Crippen LogP contribution in [0, 0.1) is 16.7 Å². The highest BCUT2D eigenvalue weighted by Crippen LogP contribution is 2.65. The molecule has 4 nitrogen and oxygen atoms in total. The topological polar surface area (TPSA) is 49.8 Å². The standard InChI is InChI=1S/C12H19NO3/c1-13-5-2-9(6-13)12(7-16-8-12)11(3-4-11)10(14)15/h9H,2-8H2,1H3,(H,14,15). The van der Waals surface area contributed by atoms with Crippen LogP contribution in [0.1, 0.15) is 19.3 Å². The van der Waals surface area contributed by atoms with Crippen LogP contribution in [0.15, 0.2) is 0 Å². The molecule has 3 aliphatic rings. The van der Waals surface area contributed by atoms with Gasteiger partial charge in [0.05, 0.1) is 18.6 Å². The lowest BCUT2D eigenvalue weighted by Gasteiger charge is -2.50. The van der Waals surface area contributed by atoms with E-state index in [1.165, 1.54) is 0 Å². The summed E-state index contributed by atoms with van der Waals surface area (Å²) in [6, 6.07) is 0. The van der Waals surface area contributed by atoms with Gasteiger partial charge in [0.25, 0.3) is 0 Å². The minimum atomic E-state index is -0.592. The zero-order valence-electron chi connectivity index (χ0n) is 9.74. The fraction of sp³-hybridized carbons (Fsp3) is 0.917. The Morgan fingerprint density at radius 2 is 2.12 bits per heavy atom. The number of aliphatic carboxylic acids is 1. The number of carboxylic acid groups (broad SMARTS) is 1. The Labute approximate surface area is 95.6 Å². The molecule has 2 aliphatic heterocycles. The highest BCUT2D eigenvalue weighted by atomic mass is 16.5. The van der Waals surface area contributed by atoms with E-state index in [4.69, 9.17) is 4.74 Å². The Balaban J connectivity index is 1.86. The molecule has 0 spiro atoms. The Hall–Kier alpha value is -0.610. The van der Waals surface area contributed by atoms with Crippen molar-refractivity contribution in [3.8, 4) is 0 Å². The summed E-state index contributed by atoms with van der Waals surface area (Å²) in [5.74, 6) is -0.0739. The van der Waals surface area contributed by atoms with Crippen molar-refractivity contribution >= 4 is 5.97 Å². The Morgan fingerprint density at radius 3 is 2.44 bits per heavy atom. The number of likely N-dealkylation sites (tertiary alicyclic amines) is 1. The van der Waals surface area contributed by atoms with Crippen LogP contribution in [0.3, 0.4) is 0 Å². The second-order valence-electron chi connectivity index (χ2n) is 5.78. The van der Waals surface area contributed by atoms with E-state index >= 15 is 0 Å². The maximum atomic E-state index is 11.5. The summed E-state index contributed by atoms with van der Waals surface area (Å²) in [4.78, 5) is 13.8. The summed E-state index contributed by atoms with van der Waals surface area (Å²) >= 11 is 0. The first-order valence-electron chi connectivity index (χ1n) is 6.10. The summed E-state index contributed by atoms with van der Waals surface area (Å²) in [7, 11) is 2.12. The molecule has 0 aromatic heterocycles.